The molecule has 6 nitrogen and oxygen atoms in total. The molecule has 1 heterocycles. The highest BCUT2D eigenvalue weighted by molar-refractivity contribution is 6.07. The van der Waals surface area contributed by atoms with Crippen LogP contribution in [0.25, 0.3) is 0 Å². The van der Waals surface area contributed by atoms with E-state index in [0.717, 1.165) is 31.4 Å². The molecule has 1 saturated heterocycles. The Morgan fingerprint density at radius 3 is 2.76 bits per heavy atom. The fourth-order valence-corrected chi connectivity index (χ4v) is 3.77. The minimum absolute atomic E-state index is 0.0690. The fourth-order valence-electron chi connectivity index (χ4n) is 3.77. The van der Waals surface area contributed by atoms with Gasteiger partial charge in [0.05, 0.1) is 6.67 Å². The summed E-state index contributed by atoms with van der Waals surface area (Å²) in [6, 6.07) is 9.35. The van der Waals surface area contributed by atoms with E-state index in [9.17, 15) is 9.59 Å². The van der Waals surface area contributed by atoms with Crippen LogP contribution < -0.4 is 10.1 Å². The molecule has 1 N–H and O–H groups in total. The smallest absolute Gasteiger partial charge is 0.326 e. The number of nitrogens with one attached hydrogen (secondary N) is 1. The van der Waals surface area contributed by atoms with Gasteiger partial charge in [0.15, 0.2) is 0 Å². The van der Waals surface area contributed by atoms with Gasteiger partial charge in [0.2, 0.25) is 0 Å². The van der Waals surface area contributed by atoms with Crippen molar-refractivity contribution in [1.29, 1.82) is 0 Å². The van der Waals surface area contributed by atoms with Crippen molar-refractivity contribution in [2.75, 3.05) is 26.9 Å². The molecule has 2 atom stereocenters. The molecule has 1 aliphatic carbocycles. The zero-order valence-corrected chi connectivity index (χ0v) is 15.0. The van der Waals surface area contributed by atoms with Gasteiger partial charge in [-0.15, -0.1) is 0 Å². The predicted octanol–water partition coefficient (Wildman–Crippen LogP) is 2.46. The summed E-state index contributed by atoms with van der Waals surface area (Å²) in [5, 5.41) is 2.99. The van der Waals surface area contributed by atoms with E-state index in [0.29, 0.717) is 13.2 Å². The van der Waals surface area contributed by atoms with E-state index in [-0.39, 0.29) is 24.5 Å². The number of benzene rings is 1. The lowest BCUT2D eigenvalue weighted by Gasteiger charge is -2.37. The fraction of sp³-hybridized carbons (Fsp3) is 0.579. The third-order valence-electron chi connectivity index (χ3n) is 5.37. The van der Waals surface area contributed by atoms with Gasteiger partial charge < -0.3 is 10.1 Å². The number of nitrogens with zero attached hydrogens (tertiary/aromatic N) is 2. The van der Waals surface area contributed by atoms with E-state index in [1.165, 1.54) is 4.90 Å². The standard InChI is InChI=1S/C19H27N3O3/c1-15-8-6-7-11-19(15)17(23)22(18(24)20-19)14-21(2)12-13-25-16-9-4-3-5-10-16/h3-5,9-10,15H,6-8,11-14H2,1-2H3,(H,20,24). The van der Waals surface area contributed by atoms with E-state index in [2.05, 4.69) is 12.2 Å². The molecule has 25 heavy (non-hydrogen) atoms. The molecule has 1 aromatic carbocycles. The van der Waals surface area contributed by atoms with Crippen molar-refractivity contribution < 1.29 is 14.3 Å². The van der Waals surface area contributed by atoms with E-state index < -0.39 is 5.54 Å². The molecule has 136 valence electrons. The van der Waals surface area contributed by atoms with Crippen molar-refractivity contribution in [3.63, 3.8) is 0 Å². The summed E-state index contributed by atoms with van der Waals surface area (Å²) < 4.78 is 5.68. The van der Waals surface area contributed by atoms with E-state index >= 15 is 0 Å². The van der Waals surface area contributed by atoms with Gasteiger partial charge in [-0.3, -0.25) is 9.69 Å². The van der Waals surface area contributed by atoms with Gasteiger partial charge in [-0.05, 0) is 37.9 Å². The Morgan fingerprint density at radius 1 is 1.28 bits per heavy atom. The van der Waals surface area contributed by atoms with E-state index in [1.807, 2.05) is 42.3 Å². The highest BCUT2D eigenvalue weighted by atomic mass is 16.5. The number of amides is 3. The van der Waals surface area contributed by atoms with Crippen LogP contribution in [0.3, 0.4) is 0 Å². The quantitative estimate of drug-likeness (QED) is 0.805. The van der Waals surface area contributed by atoms with Gasteiger partial charge in [0, 0.05) is 6.54 Å². The highest BCUT2D eigenvalue weighted by Crippen LogP contribution is 2.38. The average Bonchev–Trinajstić information content (AvgIpc) is 2.84. The Labute approximate surface area is 149 Å². The molecule has 1 aliphatic heterocycles. The molecule has 2 unspecified atom stereocenters. The molecule has 1 spiro atoms. The Balaban J connectivity index is 1.53. The third kappa shape index (κ3) is 3.63. The number of para-hydroxylation sites is 1. The number of imide groups is 1. The Hall–Kier alpha value is -2.08. The summed E-state index contributed by atoms with van der Waals surface area (Å²) in [4.78, 5) is 28.6. The first kappa shape index (κ1) is 17.7. The van der Waals surface area contributed by atoms with Crippen molar-refractivity contribution >= 4 is 11.9 Å². The second kappa shape index (κ2) is 7.44. The maximum Gasteiger partial charge on any atom is 0.326 e. The number of carbonyl (C=O) groups excluding carboxylic acids is 2. The topological polar surface area (TPSA) is 61.9 Å². The molecule has 1 aromatic rings. The number of rotatable bonds is 6. The molecule has 6 heteroatoms. The van der Waals surface area contributed by atoms with Crippen LogP contribution in [0.15, 0.2) is 30.3 Å². The zero-order valence-electron chi connectivity index (χ0n) is 15.0. The third-order valence-corrected chi connectivity index (χ3v) is 5.37. The summed E-state index contributed by atoms with van der Waals surface area (Å²) in [6.45, 7) is 3.50. The summed E-state index contributed by atoms with van der Waals surface area (Å²) >= 11 is 0. The monoisotopic (exact) mass is 345 g/mol. The van der Waals surface area contributed by atoms with Crippen LogP contribution >= 0.6 is 0 Å². The lowest BCUT2D eigenvalue weighted by Crippen LogP contribution is -2.54. The van der Waals surface area contributed by atoms with Crippen molar-refractivity contribution in [2.45, 2.75) is 38.1 Å². The van der Waals surface area contributed by atoms with Crippen LogP contribution in [-0.2, 0) is 4.79 Å². The molecule has 3 amide bonds. The van der Waals surface area contributed by atoms with Gasteiger partial charge in [-0.1, -0.05) is 38.0 Å². The number of ether oxygens (including phenoxy) is 1. The molecule has 1 saturated carbocycles. The summed E-state index contributed by atoms with van der Waals surface area (Å²) in [5.74, 6) is 0.941. The lowest BCUT2D eigenvalue weighted by atomic mass is 9.73. The predicted molar refractivity (Wildman–Crippen MR) is 95.2 cm³/mol. The second-order valence-electron chi connectivity index (χ2n) is 7.16. The molecule has 0 aromatic heterocycles. The van der Waals surface area contributed by atoms with Gasteiger partial charge in [-0.2, -0.15) is 0 Å². The van der Waals surface area contributed by atoms with Crippen molar-refractivity contribution in [3.8, 4) is 5.75 Å². The normalized spacial score (nSPS) is 26.4. The maximum absolute atomic E-state index is 12.9. The first-order chi connectivity index (χ1) is 12.0. The molecule has 0 bridgehead atoms. The highest BCUT2D eigenvalue weighted by Gasteiger charge is 2.54. The van der Waals surface area contributed by atoms with Crippen LogP contribution in [0.1, 0.15) is 32.6 Å². The van der Waals surface area contributed by atoms with Crippen molar-refractivity contribution in [3.05, 3.63) is 30.3 Å². The Bertz CT molecular complexity index is 622. The largest absolute Gasteiger partial charge is 0.492 e. The number of urea groups is 1. The van der Waals surface area contributed by atoms with Crippen LogP contribution in [0.4, 0.5) is 4.79 Å². The van der Waals surface area contributed by atoms with Gasteiger partial charge in [0.25, 0.3) is 5.91 Å². The summed E-state index contributed by atoms with van der Waals surface area (Å²) in [7, 11) is 1.89. The Morgan fingerprint density at radius 2 is 2.04 bits per heavy atom. The number of hydrogen-bond donors (Lipinski definition) is 1. The van der Waals surface area contributed by atoms with Crippen LogP contribution in [0.2, 0.25) is 0 Å². The first-order valence-corrected chi connectivity index (χ1v) is 9.03. The minimum Gasteiger partial charge on any atom is -0.492 e. The molecule has 3 rings (SSSR count). The summed E-state index contributed by atoms with van der Waals surface area (Å²) in [5.41, 5.74) is -0.684. The van der Waals surface area contributed by atoms with Gasteiger partial charge in [0.1, 0.15) is 17.9 Å². The summed E-state index contributed by atoms with van der Waals surface area (Å²) in [6.07, 6.45) is 3.85. The van der Waals surface area contributed by atoms with Crippen LogP contribution in [0, 0.1) is 5.92 Å². The second-order valence-corrected chi connectivity index (χ2v) is 7.16. The number of hydrogen-bond acceptors (Lipinski definition) is 4. The molecular weight excluding hydrogens is 318 g/mol. The molecule has 0 radical (unpaired) electrons. The maximum atomic E-state index is 12.9. The van der Waals surface area contributed by atoms with E-state index in [1.54, 1.807) is 0 Å². The van der Waals surface area contributed by atoms with Gasteiger partial charge in [-0.25, -0.2) is 9.69 Å². The zero-order chi connectivity index (χ0) is 17.9. The van der Waals surface area contributed by atoms with Crippen molar-refractivity contribution in [1.82, 2.24) is 15.1 Å². The SMILES string of the molecule is CC1CCCCC12NC(=O)N(CN(C)CCOc1ccccc1)C2=O. The minimum atomic E-state index is -0.684. The number of likely N-dealkylation sites (N-methyl/N-ethyl adjacent to an activating group) is 1. The molecule has 2 fully saturated rings. The molecular formula is C19H27N3O3. The van der Waals surface area contributed by atoms with Crippen LogP contribution in [0.5, 0.6) is 5.75 Å². The van der Waals surface area contributed by atoms with Gasteiger partial charge >= 0.3 is 6.03 Å². The number of carbonyl (C=O) groups is 2. The first-order valence-electron chi connectivity index (χ1n) is 9.03. The average molecular weight is 345 g/mol. The van der Waals surface area contributed by atoms with Crippen LogP contribution in [-0.4, -0.2) is 54.1 Å². The lowest BCUT2D eigenvalue weighted by molar-refractivity contribution is -0.135. The molecule has 2 aliphatic rings. The Kier molecular flexibility index (Phi) is 5.27. The van der Waals surface area contributed by atoms with E-state index in [4.69, 9.17) is 4.74 Å². The van der Waals surface area contributed by atoms with Crippen molar-refractivity contribution in [2.24, 2.45) is 5.92 Å².